The molecule has 3 aromatic rings. The standard InChI is InChI=1S/C19H21N7O3S/c1-2-30(28,29)26-9-7-12(8-10-26)15-11-21-17(20)16(22-15)19(27)23-18-13-5-3-4-6-14(13)24-25-18/h3-7,11H,2,8-10H2,1H3,(H2,20,21)(H2,23,24,25,27). The molecule has 30 heavy (non-hydrogen) atoms. The van der Waals surface area contributed by atoms with Crippen molar-refractivity contribution in [2.75, 3.05) is 29.9 Å². The Kier molecular flexibility index (Phi) is 5.22. The van der Waals surface area contributed by atoms with E-state index in [9.17, 15) is 13.2 Å². The quantitative estimate of drug-likeness (QED) is 0.560. The fourth-order valence-corrected chi connectivity index (χ4v) is 4.30. The zero-order valence-corrected chi connectivity index (χ0v) is 17.1. The number of benzene rings is 1. The van der Waals surface area contributed by atoms with Gasteiger partial charge in [-0.25, -0.2) is 18.4 Å². The summed E-state index contributed by atoms with van der Waals surface area (Å²) in [6.07, 6.45) is 3.76. The summed E-state index contributed by atoms with van der Waals surface area (Å²) in [6, 6.07) is 7.40. The number of fused-ring (bicyclic) bond motifs is 1. The summed E-state index contributed by atoms with van der Waals surface area (Å²) in [7, 11) is -3.24. The van der Waals surface area contributed by atoms with Crippen molar-refractivity contribution in [2.24, 2.45) is 0 Å². The van der Waals surface area contributed by atoms with Crippen molar-refractivity contribution in [1.29, 1.82) is 0 Å². The SMILES string of the molecule is CCS(=O)(=O)N1CC=C(c2cnc(N)c(C(=O)Nc3n[nH]c4ccccc34)n2)CC1. The van der Waals surface area contributed by atoms with E-state index in [2.05, 4.69) is 25.5 Å². The van der Waals surface area contributed by atoms with Gasteiger partial charge in [-0.1, -0.05) is 18.2 Å². The van der Waals surface area contributed by atoms with Crippen molar-refractivity contribution in [3.63, 3.8) is 0 Å². The van der Waals surface area contributed by atoms with E-state index < -0.39 is 15.9 Å². The number of aromatic amines is 1. The van der Waals surface area contributed by atoms with Crippen LogP contribution in [0, 0.1) is 0 Å². The third-order valence-electron chi connectivity index (χ3n) is 4.98. The topological polar surface area (TPSA) is 147 Å². The zero-order valence-electron chi connectivity index (χ0n) is 16.3. The molecule has 3 heterocycles. The maximum atomic E-state index is 12.8. The number of rotatable bonds is 5. The largest absolute Gasteiger partial charge is 0.382 e. The molecule has 4 N–H and O–H groups in total. The molecule has 0 unspecified atom stereocenters. The van der Waals surface area contributed by atoms with Crippen LogP contribution in [0.5, 0.6) is 0 Å². The summed E-state index contributed by atoms with van der Waals surface area (Å²) in [5.41, 5.74) is 7.99. The minimum Gasteiger partial charge on any atom is -0.382 e. The molecule has 10 nitrogen and oxygen atoms in total. The highest BCUT2D eigenvalue weighted by Crippen LogP contribution is 2.24. The van der Waals surface area contributed by atoms with Gasteiger partial charge in [-0.15, -0.1) is 0 Å². The van der Waals surface area contributed by atoms with Gasteiger partial charge < -0.3 is 11.1 Å². The summed E-state index contributed by atoms with van der Waals surface area (Å²) in [6.45, 7) is 2.24. The number of anilines is 2. The van der Waals surface area contributed by atoms with Gasteiger partial charge in [0.25, 0.3) is 5.91 Å². The van der Waals surface area contributed by atoms with Crippen LogP contribution in [0.2, 0.25) is 0 Å². The van der Waals surface area contributed by atoms with Crippen LogP contribution in [-0.2, 0) is 10.0 Å². The highest BCUT2D eigenvalue weighted by molar-refractivity contribution is 7.89. The van der Waals surface area contributed by atoms with E-state index in [4.69, 9.17) is 5.73 Å². The molecule has 2 aromatic heterocycles. The molecule has 0 fully saturated rings. The normalized spacial score (nSPS) is 15.2. The van der Waals surface area contributed by atoms with Gasteiger partial charge in [0.05, 0.1) is 23.2 Å². The Bertz CT molecular complexity index is 1250. The van der Waals surface area contributed by atoms with Crippen LogP contribution in [0.3, 0.4) is 0 Å². The molecule has 0 saturated heterocycles. The van der Waals surface area contributed by atoms with Crippen LogP contribution in [0.15, 0.2) is 36.5 Å². The zero-order chi connectivity index (χ0) is 21.3. The second kappa shape index (κ2) is 7.84. The van der Waals surface area contributed by atoms with Crippen LogP contribution < -0.4 is 11.1 Å². The van der Waals surface area contributed by atoms with Gasteiger partial charge in [-0.2, -0.15) is 9.40 Å². The van der Waals surface area contributed by atoms with Crippen molar-refractivity contribution >= 4 is 44.0 Å². The molecule has 0 radical (unpaired) electrons. The number of hydrogen-bond donors (Lipinski definition) is 3. The fraction of sp³-hybridized carbons (Fsp3) is 0.263. The van der Waals surface area contributed by atoms with Crippen LogP contribution >= 0.6 is 0 Å². The van der Waals surface area contributed by atoms with Crippen molar-refractivity contribution in [1.82, 2.24) is 24.5 Å². The molecule has 1 amide bonds. The smallest absolute Gasteiger partial charge is 0.279 e. The summed E-state index contributed by atoms with van der Waals surface area (Å²) >= 11 is 0. The molecule has 0 spiro atoms. The first kappa shape index (κ1) is 20.0. The number of carbonyl (C=O) groups is 1. The Morgan fingerprint density at radius 2 is 2.13 bits per heavy atom. The third kappa shape index (κ3) is 3.76. The number of sulfonamides is 1. The number of nitrogens with one attached hydrogen (secondary N) is 2. The molecule has 4 rings (SSSR count). The molecule has 0 saturated carbocycles. The van der Waals surface area contributed by atoms with E-state index in [1.165, 1.54) is 10.5 Å². The predicted molar refractivity (Wildman–Crippen MR) is 114 cm³/mol. The number of aromatic nitrogens is 4. The lowest BCUT2D eigenvalue weighted by Gasteiger charge is -2.25. The minimum absolute atomic E-state index is 0.00249. The lowest BCUT2D eigenvalue weighted by Crippen LogP contribution is -2.35. The van der Waals surface area contributed by atoms with Gasteiger partial charge in [0.2, 0.25) is 10.0 Å². The Morgan fingerprint density at radius 3 is 2.87 bits per heavy atom. The lowest BCUT2D eigenvalue weighted by molar-refractivity contribution is 0.102. The highest BCUT2D eigenvalue weighted by atomic mass is 32.2. The molecular weight excluding hydrogens is 406 g/mol. The minimum atomic E-state index is -3.24. The maximum absolute atomic E-state index is 12.8. The van der Waals surface area contributed by atoms with Crippen molar-refractivity contribution < 1.29 is 13.2 Å². The first-order valence-electron chi connectivity index (χ1n) is 9.43. The first-order chi connectivity index (χ1) is 14.4. The third-order valence-corrected chi connectivity index (χ3v) is 6.83. The Morgan fingerprint density at radius 1 is 1.33 bits per heavy atom. The fourth-order valence-electron chi connectivity index (χ4n) is 3.26. The van der Waals surface area contributed by atoms with E-state index >= 15 is 0 Å². The van der Waals surface area contributed by atoms with Gasteiger partial charge >= 0.3 is 0 Å². The van der Waals surface area contributed by atoms with Crippen molar-refractivity contribution in [2.45, 2.75) is 13.3 Å². The van der Waals surface area contributed by atoms with E-state index in [0.717, 1.165) is 16.5 Å². The van der Waals surface area contributed by atoms with E-state index in [0.29, 0.717) is 24.5 Å². The average molecular weight is 427 g/mol. The van der Waals surface area contributed by atoms with Crippen LogP contribution in [0.4, 0.5) is 11.6 Å². The maximum Gasteiger partial charge on any atom is 0.279 e. The molecule has 1 aromatic carbocycles. The van der Waals surface area contributed by atoms with Gasteiger partial charge in [-0.3, -0.25) is 9.89 Å². The summed E-state index contributed by atoms with van der Waals surface area (Å²) < 4.78 is 25.5. The number of amides is 1. The molecule has 0 aliphatic carbocycles. The van der Waals surface area contributed by atoms with Crippen molar-refractivity contribution in [3.8, 4) is 0 Å². The van der Waals surface area contributed by atoms with E-state index in [1.54, 1.807) is 13.0 Å². The number of nitrogens with two attached hydrogens (primary N) is 1. The van der Waals surface area contributed by atoms with E-state index in [1.807, 2.05) is 24.3 Å². The number of carbonyl (C=O) groups excluding carboxylic acids is 1. The van der Waals surface area contributed by atoms with Gasteiger partial charge in [-0.05, 0) is 31.1 Å². The molecular formula is C19H21N7O3S. The summed E-state index contributed by atoms with van der Waals surface area (Å²) in [4.78, 5) is 21.3. The monoisotopic (exact) mass is 427 g/mol. The average Bonchev–Trinajstić information content (AvgIpc) is 3.17. The van der Waals surface area contributed by atoms with Crippen LogP contribution in [0.25, 0.3) is 16.5 Å². The number of nitrogen functional groups attached to an aromatic ring is 1. The van der Waals surface area contributed by atoms with Crippen molar-refractivity contribution in [3.05, 3.63) is 47.9 Å². The Balaban J connectivity index is 1.57. The van der Waals surface area contributed by atoms with E-state index in [-0.39, 0.29) is 23.8 Å². The molecule has 11 heteroatoms. The van der Waals surface area contributed by atoms with Gasteiger partial charge in [0, 0.05) is 18.5 Å². The molecule has 1 aliphatic rings. The predicted octanol–water partition coefficient (Wildman–Crippen LogP) is 1.63. The Hall–Kier alpha value is -3.31. The number of para-hydroxylation sites is 1. The number of hydrogen-bond acceptors (Lipinski definition) is 7. The van der Waals surface area contributed by atoms with Crippen LogP contribution in [-0.4, -0.2) is 57.6 Å². The second-order valence-electron chi connectivity index (χ2n) is 6.80. The molecule has 0 atom stereocenters. The number of H-pyrrole nitrogens is 1. The molecule has 156 valence electrons. The molecule has 1 aliphatic heterocycles. The summed E-state index contributed by atoms with van der Waals surface area (Å²) in [5, 5.41) is 10.5. The lowest BCUT2D eigenvalue weighted by atomic mass is 10.1. The van der Waals surface area contributed by atoms with Crippen LogP contribution in [0.1, 0.15) is 29.5 Å². The highest BCUT2D eigenvalue weighted by Gasteiger charge is 2.24. The molecule has 0 bridgehead atoms. The van der Waals surface area contributed by atoms with Gasteiger partial charge in [0.1, 0.15) is 0 Å². The Labute approximate surface area is 173 Å². The number of nitrogens with zero attached hydrogens (tertiary/aromatic N) is 4. The summed E-state index contributed by atoms with van der Waals surface area (Å²) in [5.74, 6) is -0.0859. The second-order valence-corrected chi connectivity index (χ2v) is 9.06. The first-order valence-corrected chi connectivity index (χ1v) is 11.0. The van der Waals surface area contributed by atoms with Gasteiger partial charge in [0.15, 0.2) is 17.3 Å².